The van der Waals surface area contributed by atoms with E-state index in [1.807, 2.05) is 12.1 Å². The number of hydrogen-bond acceptors (Lipinski definition) is 5. The summed E-state index contributed by atoms with van der Waals surface area (Å²) < 4.78 is 28.4. The van der Waals surface area contributed by atoms with Gasteiger partial charge in [-0.1, -0.05) is 0 Å². The summed E-state index contributed by atoms with van der Waals surface area (Å²) in [5.74, 6) is 0. The monoisotopic (exact) mass is 309 g/mol. The molecular weight excluding hydrogens is 290 g/mol. The summed E-state index contributed by atoms with van der Waals surface area (Å²) in [6.45, 7) is 1.50. The number of aromatic nitrogens is 3. The van der Waals surface area contributed by atoms with E-state index in [0.29, 0.717) is 26.1 Å². The normalized spacial score (nSPS) is 11.7. The minimum atomic E-state index is -3.51. The Hall–Kier alpha value is -1.77. The first-order valence-electron chi connectivity index (χ1n) is 6.73. The zero-order valence-electron chi connectivity index (χ0n) is 11.6. The van der Waals surface area contributed by atoms with E-state index in [1.165, 1.54) is 12.4 Å². The van der Waals surface area contributed by atoms with Gasteiger partial charge in [0.15, 0.2) is 0 Å². The summed E-state index contributed by atoms with van der Waals surface area (Å²) in [5.41, 5.74) is 6.45. The van der Waals surface area contributed by atoms with Crippen molar-refractivity contribution in [3.63, 3.8) is 0 Å². The van der Waals surface area contributed by atoms with Crippen molar-refractivity contribution < 1.29 is 8.42 Å². The number of pyridine rings is 1. The first-order valence-corrected chi connectivity index (χ1v) is 8.21. The van der Waals surface area contributed by atoms with Crippen molar-refractivity contribution in [2.24, 2.45) is 5.73 Å². The van der Waals surface area contributed by atoms with Gasteiger partial charge in [-0.2, -0.15) is 5.10 Å². The molecule has 0 radical (unpaired) electrons. The smallest absolute Gasteiger partial charge is 0.243 e. The molecule has 2 aromatic rings. The largest absolute Gasteiger partial charge is 0.330 e. The van der Waals surface area contributed by atoms with Gasteiger partial charge >= 0.3 is 0 Å². The molecule has 0 saturated carbocycles. The van der Waals surface area contributed by atoms with Crippen LogP contribution in [-0.2, 0) is 23.0 Å². The highest BCUT2D eigenvalue weighted by Crippen LogP contribution is 2.07. The maximum absolute atomic E-state index is 12.1. The molecule has 0 aliphatic heterocycles. The Morgan fingerprint density at radius 3 is 2.76 bits per heavy atom. The van der Waals surface area contributed by atoms with Crippen LogP contribution in [-0.4, -0.2) is 36.3 Å². The third-order valence-corrected chi connectivity index (χ3v) is 4.38. The third kappa shape index (κ3) is 4.62. The molecule has 0 bridgehead atoms. The van der Waals surface area contributed by atoms with Gasteiger partial charge < -0.3 is 5.73 Å². The molecule has 21 heavy (non-hydrogen) atoms. The lowest BCUT2D eigenvalue weighted by Gasteiger charge is -2.04. The zero-order valence-corrected chi connectivity index (χ0v) is 12.5. The third-order valence-electron chi connectivity index (χ3n) is 2.97. The standard InChI is InChI=1S/C13H19N5O2S/c14-5-1-9-18-11-13(10-16-18)21(19,20)17-8-4-12-2-6-15-7-3-12/h2-3,6-7,10-11,17H,1,4-5,8-9,14H2. The van der Waals surface area contributed by atoms with E-state index in [2.05, 4.69) is 14.8 Å². The Kier molecular flexibility index (Phi) is 5.43. The Morgan fingerprint density at radius 1 is 1.29 bits per heavy atom. The van der Waals surface area contributed by atoms with E-state index >= 15 is 0 Å². The molecule has 0 unspecified atom stereocenters. The second-order valence-electron chi connectivity index (χ2n) is 4.58. The average molecular weight is 309 g/mol. The maximum atomic E-state index is 12.1. The summed E-state index contributed by atoms with van der Waals surface area (Å²) in [6, 6.07) is 3.72. The van der Waals surface area contributed by atoms with Gasteiger partial charge in [0.2, 0.25) is 10.0 Å². The Labute approximate surface area is 124 Å². The van der Waals surface area contributed by atoms with Crippen molar-refractivity contribution in [3.8, 4) is 0 Å². The van der Waals surface area contributed by atoms with E-state index in [0.717, 1.165) is 12.0 Å². The quantitative estimate of drug-likeness (QED) is 0.722. The summed E-state index contributed by atoms with van der Waals surface area (Å²) >= 11 is 0. The molecule has 8 heteroatoms. The van der Waals surface area contributed by atoms with Gasteiger partial charge in [0, 0.05) is 31.7 Å². The minimum absolute atomic E-state index is 0.175. The Bertz CT molecular complexity index is 654. The fourth-order valence-corrected chi connectivity index (χ4v) is 2.81. The van der Waals surface area contributed by atoms with Crippen molar-refractivity contribution in [3.05, 3.63) is 42.5 Å². The lowest BCUT2D eigenvalue weighted by Crippen LogP contribution is -2.25. The highest BCUT2D eigenvalue weighted by Gasteiger charge is 2.15. The maximum Gasteiger partial charge on any atom is 0.243 e. The van der Waals surface area contributed by atoms with Crippen LogP contribution in [0.25, 0.3) is 0 Å². The van der Waals surface area contributed by atoms with Crippen LogP contribution in [0, 0.1) is 0 Å². The number of rotatable bonds is 8. The van der Waals surface area contributed by atoms with Crippen molar-refractivity contribution in [2.45, 2.75) is 24.3 Å². The van der Waals surface area contributed by atoms with E-state index in [1.54, 1.807) is 17.1 Å². The Morgan fingerprint density at radius 2 is 2.05 bits per heavy atom. The summed E-state index contributed by atoms with van der Waals surface area (Å²) in [4.78, 5) is 4.09. The van der Waals surface area contributed by atoms with Gasteiger partial charge in [-0.3, -0.25) is 9.67 Å². The number of hydrogen-bond donors (Lipinski definition) is 2. The van der Waals surface area contributed by atoms with E-state index in [-0.39, 0.29) is 4.90 Å². The fraction of sp³-hybridized carbons (Fsp3) is 0.385. The van der Waals surface area contributed by atoms with Gasteiger partial charge in [-0.25, -0.2) is 13.1 Å². The Balaban J connectivity index is 1.90. The molecule has 0 fully saturated rings. The van der Waals surface area contributed by atoms with Crippen LogP contribution in [0.2, 0.25) is 0 Å². The van der Waals surface area contributed by atoms with Gasteiger partial charge in [0.05, 0.1) is 6.20 Å². The molecule has 2 aromatic heterocycles. The van der Waals surface area contributed by atoms with Gasteiger partial charge in [0.1, 0.15) is 4.90 Å². The molecule has 0 atom stereocenters. The van der Waals surface area contributed by atoms with Gasteiger partial charge in [-0.05, 0) is 37.1 Å². The van der Waals surface area contributed by atoms with E-state index in [4.69, 9.17) is 5.73 Å². The molecule has 114 valence electrons. The molecule has 0 saturated heterocycles. The molecule has 0 amide bonds. The zero-order chi connectivity index (χ0) is 15.1. The average Bonchev–Trinajstić information content (AvgIpc) is 2.96. The van der Waals surface area contributed by atoms with Crippen LogP contribution in [0.5, 0.6) is 0 Å². The lowest BCUT2D eigenvalue weighted by atomic mass is 10.2. The van der Waals surface area contributed by atoms with Gasteiger partial charge in [0.25, 0.3) is 0 Å². The van der Waals surface area contributed by atoms with Crippen LogP contribution >= 0.6 is 0 Å². The van der Waals surface area contributed by atoms with Crippen LogP contribution in [0.1, 0.15) is 12.0 Å². The molecule has 0 aliphatic rings. The highest BCUT2D eigenvalue weighted by molar-refractivity contribution is 7.89. The molecule has 3 N–H and O–H groups in total. The van der Waals surface area contributed by atoms with E-state index in [9.17, 15) is 8.42 Å². The highest BCUT2D eigenvalue weighted by atomic mass is 32.2. The van der Waals surface area contributed by atoms with Crippen molar-refractivity contribution in [2.75, 3.05) is 13.1 Å². The molecule has 0 aromatic carbocycles. The fourth-order valence-electron chi connectivity index (χ4n) is 1.82. The molecule has 2 rings (SSSR count). The minimum Gasteiger partial charge on any atom is -0.330 e. The van der Waals surface area contributed by atoms with Gasteiger partial charge in [-0.15, -0.1) is 0 Å². The van der Waals surface area contributed by atoms with Crippen LogP contribution < -0.4 is 10.5 Å². The second kappa shape index (κ2) is 7.30. The number of nitrogens with zero attached hydrogens (tertiary/aromatic N) is 3. The summed E-state index contributed by atoms with van der Waals surface area (Å²) in [5, 5.41) is 4.02. The number of nitrogens with two attached hydrogens (primary N) is 1. The van der Waals surface area contributed by atoms with Crippen molar-refractivity contribution >= 4 is 10.0 Å². The first kappa shape index (κ1) is 15.6. The lowest BCUT2D eigenvalue weighted by molar-refractivity contribution is 0.576. The number of sulfonamides is 1. The summed E-state index contributed by atoms with van der Waals surface area (Å²) in [7, 11) is -3.51. The molecule has 7 nitrogen and oxygen atoms in total. The number of nitrogens with one attached hydrogen (secondary N) is 1. The predicted octanol–water partition coefficient (Wildman–Crippen LogP) is 0.148. The SMILES string of the molecule is NCCCn1cc(S(=O)(=O)NCCc2ccncc2)cn1. The van der Waals surface area contributed by atoms with E-state index < -0.39 is 10.0 Å². The van der Waals surface area contributed by atoms with Crippen LogP contribution in [0.3, 0.4) is 0 Å². The van der Waals surface area contributed by atoms with Crippen LogP contribution in [0.4, 0.5) is 0 Å². The molecule has 2 heterocycles. The first-order chi connectivity index (χ1) is 10.1. The number of aryl methyl sites for hydroxylation is 1. The van der Waals surface area contributed by atoms with Crippen molar-refractivity contribution in [1.82, 2.24) is 19.5 Å². The second-order valence-corrected chi connectivity index (χ2v) is 6.35. The molecule has 0 aliphatic carbocycles. The van der Waals surface area contributed by atoms with Crippen LogP contribution in [0.15, 0.2) is 41.8 Å². The molecule has 0 spiro atoms. The predicted molar refractivity (Wildman–Crippen MR) is 79.0 cm³/mol. The van der Waals surface area contributed by atoms with Crippen molar-refractivity contribution in [1.29, 1.82) is 0 Å². The summed E-state index contributed by atoms with van der Waals surface area (Å²) in [6.07, 6.45) is 7.62. The molecular formula is C13H19N5O2S. The topological polar surface area (TPSA) is 103 Å².